The fraction of sp³-hybridized carbons (Fsp3) is 0.543. The zero-order valence-electron chi connectivity index (χ0n) is 84.2. The molecule has 33 heteroatoms. The number of ketones is 3. The second kappa shape index (κ2) is 38.8. The van der Waals surface area contributed by atoms with Crippen LogP contribution in [0.2, 0.25) is 0 Å². The molecule has 138 heavy (non-hydrogen) atoms. The number of Topliss-reactive ketones (excluding diaryl/α,β-unsaturated/α-hetero) is 3. The van der Waals surface area contributed by atoms with E-state index in [4.69, 9.17) is 9.47 Å². The number of benzene rings is 4. The molecule has 748 valence electrons. The molecule has 0 radical (unpaired) electrons. The first-order chi connectivity index (χ1) is 64.2. The smallest absolute Gasteiger partial charge is 0.431 e. The summed E-state index contributed by atoms with van der Waals surface area (Å²) in [6.07, 6.45) is 1.44. The normalized spacial score (nSPS) is 18.4. The molecule has 4 aromatic heterocycles. The van der Waals surface area contributed by atoms with Crippen molar-refractivity contribution in [2.45, 2.75) is 249 Å². The van der Waals surface area contributed by atoms with Crippen molar-refractivity contribution in [2.75, 3.05) is 120 Å². The van der Waals surface area contributed by atoms with E-state index in [-0.39, 0.29) is 113 Å². The first kappa shape index (κ1) is 105. The maximum absolute atomic E-state index is 13.6. The third kappa shape index (κ3) is 20.6. The summed E-state index contributed by atoms with van der Waals surface area (Å²) in [5, 5.41) is 20.2. The Morgan fingerprint density at radius 3 is 1.11 bits per heavy atom. The number of nitrogens with zero attached hydrogens (tertiary/aromatic N) is 12. The quantitative estimate of drug-likeness (QED) is 0.101. The molecule has 8 aliphatic rings. The van der Waals surface area contributed by atoms with Crippen LogP contribution in [-0.4, -0.2) is 262 Å². The number of halogens is 3. The van der Waals surface area contributed by atoms with Crippen LogP contribution in [0.15, 0.2) is 137 Å². The van der Waals surface area contributed by atoms with Crippen molar-refractivity contribution < 1.29 is 88.0 Å². The third-order valence-corrected chi connectivity index (χ3v) is 33.4. The van der Waals surface area contributed by atoms with Gasteiger partial charge in [0.25, 0.3) is 23.6 Å². The fourth-order valence-corrected chi connectivity index (χ4v) is 23.7. The molecule has 8 aliphatic heterocycles. The summed E-state index contributed by atoms with van der Waals surface area (Å²) in [5.41, 5.74) is 6.24. The highest BCUT2D eigenvalue weighted by Gasteiger charge is 2.54. The SMILES string of the molecule is CC(=O)c1ccc2n1CCN(C)C21CCN(C(=O)c2ccc(OCC(C)(C)O)c(C)c2)CC1.CN1CCn2c(C(=O)C(C)(C)C)ccc2C12CCN(C(=O)c1ccc(S(=O)(=O)C(C)(C)C)cc1)CC2.COC(=O)N1CCn2c(C(F)(F)F)ccc2C12CCN(C(=O)c1ccc(C(C)(C)O)c(C)c1)CC2.Cc1cc(C(=O)N2CCC3(CC2)c2ccc(C(=O)C(C)(C)C)n2CCN3C)ccc1S(C)(=O)=O. The zero-order valence-corrected chi connectivity index (χ0v) is 85.9. The second-order valence-electron chi connectivity index (χ2n) is 43.0. The van der Waals surface area contributed by atoms with Gasteiger partial charge in [0, 0.05) is 174 Å². The fourth-order valence-electron chi connectivity index (χ4n) is 21.6. The summed E-state index contributed by atoms with van der Waals surface area (Å²) in [5.74, 6) is 0.753. The van der Waals surface area contributed by atoms with E-state index < -0.39 is 70.0 Å². The highest BCUT2D eigenvalue weighted by Crippen LogP contribution is 2.49. The second-order valence-corrected chi connectivity index (χ2v) is 47.7. The average molecular weight is 1950 g/mol. The van der Waals surface area contributed by atoms with Crippen molar-refractivity contribution in [2.24, 2.45) is 10.8 Å². The molecular weight excluding hydrogens is 1810 g/mol. The molecule has 28 nitrogen and oxygen atoms in total. The number of aryl methyl sites for hydroxylation is 3. The Balaban J connectivity index is 0.000000155. The number of likely N-dealkylation sites (N-methyl/N-ethyl adjacent to an activating group) is 3. The van der Waals surface area contributed by atoms with Crippen LogP contribution in [0.5, 0.6) is 5.75 Å². The minimum atomic E-state index is -4.50. The predicted octanol–water partition coefficient (Wildman–Crippen LogP) is 15.4. The Kier molecular flexibility index (Phi) is 29.5. The lowest BCUT2D eigenvalue weighted by Gasteiger charge is -2.51. The first-order valence-electron chi connectivity index (χ1n) is 47.8. The summed E-state index contributed by atoms with van der Waals surface area (Å²) in [7, 11) is 0.876. The minimum Gasteiger partial charge on any atom is -0.490 e. The van der Waals surface area contributed by atoms with E-state index in [0.29, 0.717) is 78.5 Å². The minimum absolute atomic E-state index is 0.0174. The highest BCUT2D eigenvalue weighted by molar-refractivity contribution is 7.92. The molecule has 4 fully saturated rings. The van der Waals surface area contributed by atoms with Gasteiger partial charge in [-0.25, -0.2) is 21.6 Å². The van der Waals surface area contributed by atoms with E-state index in [9.17, 15) is 78.6 Å². The molecular formula is C105H139F3N12O16S2. The molecule has 4 saturated heterocycles. The number of likely N-dealkylation sites (tertiary alicyclic amines) is 4. The summed E-state index contributed by atoms with van der Waals surface area (Å²) in [6, 6.07) is 36.4. The number of amides is 5. The Labute approximate surface area is 810 Å². The van der Waals surface area contributed by atoms with E-state index in [0.717, 1.165) is 129 Å². The number of fused-ring (bicyclic) bond motifs is 8. The van der Waals surface area contributed by atoms with Gasteiger partial charge in [0.05, 0.1) is 72.1 Å². The lowest BCUT2D eigenvalue weighted by atomic mass is 9.81. The van der Waals surface area contributed by atoms with Gasteiger partial charge in [0.15, 0.2) is 37.0 Å². The molecule has 0 saturated carbocycles. The van der Waals surface area contributed by atoms with E-state index in [1.807, 2.05) is 100 Å². The Morgan fingerprint density at radius 2 is 0.754 bits per heavy atom. The number of methoxy groups -OCH3 is 1. The average Bonchev–Trinajstić information content (AvgIpc) is 1.50. The van der Waals surface area contributed by atoms with E-state index in [1.165, 1.54) is 52.8 Å². The van der Waals surface area contributed by atoms with Crippen molar-refractivity contribution in [3.63, 3.8) is 0 Å². The summed E-state index contributed by atoms with van der Waals surface area (Å²) in [6.45, 7) is 40.1. The van der Waals surface area contributed by atoms with Crippen molar-refractivity contribution in [3.05, 3.63) is 217 Å². The number of aliphatic hydroxyl groups is 2. The van der Waals surface area contributed by atoms with Gasteiger partial charge in [-0.1, -0.05) is 47.6 Å². The lowest BCUT2D eigenvalue weighted by Crippen LogP contribution is -2.60. The van der Waals surface area contributed by atoms with Gasteiger partial charge in [-0.15, -0.1) is 0 Å². The molecule has 4 spiro atoms. The number of piperidine rings is 4. The molecule has 0 bridgehead atoms. The number of sulfone groups is 2. The van der Waals surface area contributed by atoms with Crippen LogP contribution < -0.4 is 4.74 Å². The molecule has 12 heterocycles. The van der Waals surface area contributed by atoms with Gasteiger partial charge >= 0.3 is 12.3 Å². The molecule has 0 unspecified atom stereocenters. The zero-order chi connectivity index (χ0) is 101. The third-order valence-electron chi connectivity index (χ3n) is 29.6. The predicted molar refractivity (Wildman–Crippen MR) is 522 cm³/mol. The first-order valence-corrected chi connectivity index (χ1v) is 51.1. The topological polar surface area (TPSA) is 309 Å². The Bertz CT molecular complexity index is 6210. The Morgan fingerprint density at radius 1 is 0.406 bits per heavy atom. The summed E-state index contributed by atoms with van der Waals surface area (Å²) < 4.78 is 108. The molecule has 0 aliphatic carbocycles. The van der Waals surface area contributed by atoms with Gasteiger partial charge in [-0.05, 0) is 285 Å². The number of alkyl halides is 3. The molecule has 2 N–H and O–H groups in total. The highest BCUT2D eigenvalue weighted by atomic mass is 32.2. The molecule has 4 aromatic carbocycles. The van der Waals surface area contributed by atoms with Crippen molar-refractivity contribution in [1.82, 2.24) is 57.5 Å². The lowest BCUT2D eigenvalue weighted by molar-refractivity contribution is -0.144. The largest absolute Gasteiger partial charge is 0.490 e. The van der Waals surface area contributed by atoms with Crippen LogP contribution in [-0.2, 0) is 84.5 Å². The van der Waals surface area contributed by atoms with E-state index >= 15 is 0 Å². The molecule has 0 atom stereocenters. The molecule has 8 aromatic rings. The van der Waals surface area contributed by atoms with E-state index in [2.05, 4.69) is 67.7 Å². The number of hydrogen-bond acceptors (Lipinski definition) is 19. The van der Waals surface area contributed by atoms with Crippen LogP contribution in [0.1, 0.15) is 272 Å². The number of ether oxygens (including phenoxy) is 2. The van der Waals surface area contributed by atoms with E-state index in [1.54, 1.807) is 116 Å². The van der Waals surface area contributed by atoms with Gasteiger partial charge < -0.3 is 57.6 Å². The summed E-state index contributed by atoms with van der Waals surface area (Å²) in [4.78, 5) is 120. The monoisotopic (exact) mass is 1940 g/mol. The molecule has 16 rings (SSSR count). The van der Waals surface area contributed by atoms with Crippen LogP contribution in [0.25, 0.3) is 0 Å². The van der Waals surface area contributed by atoms with Crippen LogP contribution in [0.3, 0.4) is 0 Å². The van der Waals surface area contributed by atoms with Gasteiger partial charge in [-0.2, -0.15) is 13.2 Å². The number of hydrogen-bond donors (Lipinski definition) is 2. The van der Waals surface area contributed by atoms with Gasteiger partial charge in [-0.3, -0.25) is 53.2 Å². The Hall–Kier alpha value is -10.6. The van der Waals surface area contributed by atoms with Crippen molar-refractivity contribution >= 4 is 66.7 Å². The van der Waals surface area contributed by atoms with Crippen molar-refractivity contribution in [3.8, 4) is 5.75 Å². The maximum atomic E-state index is 13.6. The van der Waals surface area contributed by atoms with Gasteiger partial charge in [0.1, 0.15) is 18.1 Å². The number of carbonyl (C=O) groups excluding carboxylic acids is 8. The van der Waals surface area contributed by atoms with Crippen LogP contribution in [0.4, 0.5) is 18.0 Å². The number of carbonyl (C=O) groups is 8. The number of rotatable bonds is 13. The standard InChI is InChI=1S/C28H39N3O4S.C26H35N3O4S.C26H35N3O4.C25H30F3N3O4/c1-26(2,3)24(32)22-12-13-23-28(29(7)18-19-31(22)23)14-16-30(17-15-28)25(33)20-8-10-21(11-9-20)36(34,35)27(4,5)6;1-18-17-19(7-9-21(18)34(6,32)33)24(31)28-13-11-26(12-14-28)22-10-8-20(23(30)25(2,3)4)29(22)16-15-27(26)5;1-18-16-20(6-8-22(18)33-17-25(3,4)32)24(31)28-12-10-26(11-13-28)23-9-7-21(19(2)30)29(23)15-14-27(26)5;1-16-15-17(5-6-18(16)23(2,3)34)21(32)29-11-9-24(10-12-29)19-7-8-20(25(26,27)28)30(19)13-14-31(24)22(33)35-4/h8-13H,14-19H2,1-7H3;7-10,17H,11-16H2,1-6H3;6-9,16,32H,10-15,17H2,1-5H3;5-8,15,34H,9-14H2,1-4H3. The van der Waals surface area contributed by atoms with Crippen molar-refractivity contribution in [1.29, 1.82) is 0 Å². The van der Waals surface area contributed by atoms with Crippen LogP contribution >= 0.6 is 0 Å². The van der Waals surface area contributed by atoms with Gasteiger partial charge in [0.2, 0.25) is 0 Å². The number of aromatic nitrogens is 4. The molecule has 5 amide bonds. The maximum Gasteiger partial charge on any atom is 0.431 e. The summed E-state index contributed by atoms with van der Waals surface area (Å²) >= 11 is 0. The van der Waals surface area contributed by atoms with Crippen LogP contribution in [0, 0.1) is 31.6 Å².